The van der Waals surface area contributed by atoms with Gasteiger partial charge in [-0.2, -0.15) is 0 Å². The van der Waals surface area contributed by atoms with Crippen LogP contribution in [0.3, 0.4) is 0 Å². The van der Waals surface area contributed by atoms with Gasteiger partial charge in [-0.3, -0.25) is 9.69 Å². The number of nitrogens with zero attached hydrogens (tertiary/aromatic N) is 5. The Kier molecular flexibility index (Phi) is 3.97. The van der Waals surface area contributed by atoms with Crippen LogP contribution in [0.5, 0.6) is 0 Å². The number of benzene rings is 1. The van der Waals surface area contributed by atoms with Crippen molar-refractivity contribution in [1.29, 1.82) is 0 Å². The Labute approximate surface area is 146 Å². The van der Waals surface area contributed by atoms with Crippen LogP contribution in [0.2, 0.25) is 0 Å². The highest BCUT2D eigenvalue weighted by Crippen LogP contribution is 2.36. The van der Waals surface area contributed by atoms with Crippen LogP contribution in [0, 0.1) is 0 Å². The molecule has 1 fully saturated rings. The summed E-state index contributed by atoms with van der Waals surface area (Å²) in [7, 11) is 0. The van der Waals surface area contributed by atoms with Gasteiger partial charge in [0.2, 0.25) is 5.17 Å². The second-order valence-corrected chi connectivity index (χ2v) is 6.82. The lowest BCUT2D eigenvalue weighted by Gasteiger charge is -2.14. The van der Waals surface area contributed by atoms with E-state index in [9.17, 15) is 4.79 Å². The van der Waals surface area contributed by atoms with Gasteiger partial charge in [0, 0.05) is 4.88 Å². The quantitative estimate of drug-likeness (QED) is 0.678. The van der Waals surface area contributed by atoms with E-state index in [1.54, 1.807) is 16.2 Å². The number of carbonyl (C=O) groups excluding carboxylic acids is 1. The minimum Gasteiger partial charge on any atom is -0.268 e. The molecule has 0 atom stereocenters. The highest BCUT2D eigenvalue weighted by atomic mass is 32.2. The van der Waals surface area contributed by atoms with E-state index >= 15 is 0 Å². The molecule has 1 aliphatic heterocycles. The van der Waals surface area contributed by atoms with E-state index in [0.29, 0.717) is 10.1 Å². The maximum Gasteiger partial charge on any atom is 0.271 e. The Morgan fingerprint density at radius 3 is 2.54 bits per heavy atom. The van der Waals surface area contributed by atoms with Crippen LogP contribution in [0.1, 0.15) is 4.88 Å². The number of rotatable bonds is 3. The van der Waals surface area contributed by atoms with Gasteiger partial charge in [0.05, 0.1) is 10.6 Å². The van der Waals surface area contributed by atoms with Gasteiger partial charge in [-0.25, -0.2) is 4.68 Å². The SMILES string of the molecule is O=C1/C(=C\c2cccs2)SC(=Nn2cnnc2)N1c1ccccc1. The van der Waals surface area contributed by atoms with Gasteiger partial charge in [0.25, 0.3) is 5.91 Å². The smallest absolute Gasteiger partial charge is 0.268 e. The summed E-state index contributed by atoms with van der Waals surface area (Å²) in [6, 6.07) is 13.4. The molecule has 1 aliphatic rings. The number of amides is 1. The molecule has 1 aromatic carbocycles. The molecule has 0 N–H and O–H groups in total. The maximum atomic E-state index is 12.9. The highest BCUT2D eigenvalue weighted by Gasteiger charge is 2.35. The van der Waals surface area contributed by atoms with E-state index in [4.69, 9.17) is 0 Å². The first kappa shape index (κ1) is 14.9. The molecule has 0 spiro atoms. The molecule has 2 aromatic heterocycles. The summed E-state index contributed by atoms with van der Waals surface area (Å²) in [6.07, 6.45) is 4.87. The summed E-state index contributed by atoms with van der Waals surface area (Å²) in [5.41, 5.74) is 0.774. The first-order valence-corrected chi connectivity index (χ1v) is 8.77. The lowest BCUT2D eigenvalue weighted by atomic mass is 10.3. The molecule has 0 aliphatic carbocycles. The summed E-state index contributed by atoms with van der Waals surface area (Å²) in [5, 5.41) is 14.5. The Morgan fingerprint density at radius 1 is 1.04 bits per heavy atom. The number of amidine groups is 1. The molecule has 118 valence electrons. The number of thiophene rings is 1. The Hall–Kier alpha value is -2.71. The van der Waals surface area contributed by atoms with E-state index < -0.39 is 0 Å². The van der Waals surface area contributed by atoms with E-state index in [0.717, 1.165) is 10.6 Å². The van der Waals surface area contributed by atoms with Crippen molar-refractivity contribution in [2.24, 2.45) is 5.10 Å². The van der Waals surface area contributed by atoms with Gasteiger partial charge in [-0.05, 0) is 41.4 Å². The summed E-state index contributed by atoms with van der Waals surface area (Å²) in [4.78, 5) is 16.2. The average molecular weight is 353 g/mol. The standard InChI is InChI=1S/C16H11N5OS2/c22-15-14(9-13-7-4-8-23-13)24-16(19-20-10-17-18-11-20)21(15)12-5-2-1-3-6-12/h1-11H/b14-9+,19-16?. The number of thioether (sulfide) groups is 1. The third-order valence-electron chi connectivity index (χ3n) is 3.24. The third kappa shape index (κ3) is 2.89. The van der Waals surface area contributed by atoms with E-state index in [2.05, 4.69) is 15.3 Å². The van der Waals surface area contributed by atoms with Crippen molar-refractivity contribution < 1.29 is 4.79 Å². The molecule has 6 nitrogen and oxygen atoms in total. The lowest BCUT2D eigenvalue weighted by molar-refractivity contribution is -0.113. The minimum absolute atomic E-state index is 0.0913. The van der Waals surface area contributed by atoms with Crippen molar-refractivity contribution >= 4 is 45.9 Å². The van der Waals surface area contributed by atoms with E-state index in [1.165, 1.54) is 29.1 Å². The fourth-order valence-corrected chi connectivity index (χ4v) is 3.90. The van der Waals surface area contributed by atoms with Crippen molar-refractivity contribution in [2.75, 3.05) is 4.90 Å². The topological polar surface area (TPSA) is 63.4 Å². The van der Waals surface area contributed by atoms with Crippen molar-refractivity contribution in [3.63, 3.8) is 0 Å². The summed E-state index contributed by atoms with van der Waals surface area (Å²) >= 11 is 2.93. The molecule has 0 radical (unpaired) electrons. The van der Waals surface area contributed by atoms with Crippen LogP contribution in [0.4, 0.5) is 5.69 Å². The van der Waals surface area contributed by atoms with Crippen molar-refractivity contribution in [1.82, 2.24) is 14.9 Å². The first-order valence-electron chi connectivity index (χ1n) is 7.07. The van der Waals surface area contributed by atoms with Crippen LogP contribution in [-0.4, -0.2) is 25.9 Å². The molecule has 0 saturated carbocycles. The first-order chi connectivity index (χ1) is 11.8. The monoisotopic (exact) mass is 353 g/mol. The summed E-state index contributed by atoms with van der Waals surface area (Å²) in [5.74, 6) is -0.0913. The number of para-hydroxylation sites is 1. The predicted molar refractivity (Wildman–Crippen MR) is 96.7 cm³/mol. The molecule has 0 bridgehead atoms. The molecule has 24 heavy (non-hydrogen) atoms. The van der Waals surface area contributed by atoms with Crippen LogP contribution in [0.25, 0.3) is 6.08 Å². The van der Waals surface area contributed by atoms with Gasteiger partial charge in [-0.15, -0.1) is 26.6 Å². The molecule has 1 saturated heterocycles. The average Bonchev–Trinajstić information content (AvgIpc) is 3.33. The van der Waals surface area contributed by atoms with E-state index in [-0.39, 0.29) is 5.91 Å². The third-order valence-corrected chi connectivity index (χ3v) is 5.02. The van der Waals surface area contributed by atoms with Crippen molar-refractivity contribution in [3.05, 3.63) is 70.3 Å². The predicted octanol–water partition coefficient (Wildman–Crippen LogP) is 3.28. The molecule has 3 heterocycles. The number of anilines is 1. The largest absolute Gasteiger partial charge is 0.271 e. The summed E-state index contributed by atoms with van der Waals surface area (Å²) < 4.78 is 1.49. The van der Waals surface area contributed by atoms with Crippen LogP contribution in [0.15, 0.2) is 70.5 Å². The zero-order chi connectivity index (χ0) is 16.4. The molecular weight excluding hydrogens is 342 g/mol. The molecule has 0 unspecified atom stereocenters. The lowest BCUT2D eigenvalue weighted by Crippen LogP contribution is -2.29. The number of hydrogen-bond donors (Lipinski definition) is 0. The molecule has 3 aromatic rings. The fourth-order valence-electron chi connectivity index (χ4n) is 2.19. The number of carbonyl (C=O) groups is 1. The highest BCUT2D eigenvalue weighted by molar-refractivity contribution is 8.19. The minimum atomic E-state index is -0.0913. The molecule has 1 amide bonds. The van der Waals surface area contributed by atoms with Gasteiger partial charge in [0.15, 0.2) is 0 Å². The van der Waals surface area contributed by atoms with Gasteiger partial charge in [0.1, 0.15) is 12.7 Å². The van der Waals surface area contributed by atoms with Gasteiger partial charge < -0.3 is 0 Å². The van der Waals surface area contributed by atoms with Crippen LogP contribution in [-0.2, 0) is 4.79 Å². The van der Waals surface area contributed by atoms with Crippen molar-refractivity contribution in [2.45, 2.75) is 0 Å². The molecule has 4 rings (SSSR count). The van der Waals surface area contributed by atoms with Crippen LogP contribution >= 0.6 is 23.1 Å². The Morgan fingerprint density at radius 2 is 1.83 bits per heavy atom. The molecular formula is C16H11N5OS2. The van der Waals surface area contributed by atoms with E-state index in [1.807, 2.05) is 53.9 Å². The Bertz CT molecular complexity index is 901. The number of hydrogen-bond acceptors (Lipinski definition) is 6. The second-order valence-electron chi connectivity index (χ2n) is 4.83. The zero-order valence-corrected chi connectivity index (χ0v) is 13.9. The second kappa shape index (κ2) is 6.42. The van der Waals surface area contributed by atoms with Crippen LogP contribution < -0.4 is 4.90 Å². The Balaban J connectivity index is 1.77. The number of aromatic nitrogens is 3. The normalized spacial score (nSPS) is 18.0. The van der Waals surface area contributed by atoms with Crippen molar-refractivity contribution in [3.8, 4) is 0 Å². The zero-order valence-electron chi connectivity index (χ0n) is 12.3. The maximum absolute atomic E-state index is 12.9. The summed E-state index contributed by atoms with van der Waals surface area (Å²) in [6.45, 7) is 0. The fraction of sp³-hybridized carbons (Fsp3) is 0. The van der Waals surface area contributed by atoms with Gasteiger partial charge >= 0.3 is 0 Å². The van der Waals surface area contributed by atoms with Gasteiger partial charge in [-0.1, -0.05) is 24.3 Å². The molecule has 8 heteroatoms.